The van der Waals surface area contributed by atoms with Crippen molar-refractivity contribution in [2.45, 2.75) is 38.1 Å². The summed E-state index contributed by atoms with van der Waals surface area (Å²) in [6.07, 6.45) is 3.85. The molecule has 2 aromatic rings. The lowest BCUT2D eigenvalue weighted by Crippen LogP contribution is -2.35. The minimum absolute atomic E-state index is 0.0380. The molecule has 1 amide bonds. The van der Waals surface area contributed by atoms with Crippen molar-refractivity contribution in [3.05, 3.63) is 57.6 Å². The number of halogens is 2. The largest absolute Gasteiger partial charge is 0.378 e. The van der Waals surface area contributed by atoms with Crippen LogP contribution in [0.5, 0.6) is 0 Å². The third-order valence-electron chi connectivity index (χ3n) is 6.72. The summed E-state index contributed by atoms with van der Waals surface area (Å²) >= 11 is 13.2. The van der Waals surface area contributed by atoms with Crippen LogP contribution in [0.25, 0.3) is 0 Å². The maximum absolute atomic E-state index is 11.5. The molecule has 2 N–H and O–H groups in total. The van der Waals surface area contributed by atoms with E-state index in [-0.39, 0.29) is 11.9 Å². The minimum atomic E-state index is -0.0380. The summed E-state index contributed by atoms with van der Waals surface area (Å²) in [7, 11) is 0. The Bertz CT molecular complexity index is 908. The molecule has 0 radical (unpaired) electrons. The second-order valence-corrected chi connectivity index (χ2v) is 8.99. The summed E-state index contributed by atoms with van der Waals surface area (Å²) in [5.41, 5.74) is 4.37. The number of hydrogen-bond acceptors (Lipinski definition) is 2. The van der Waals surface area contributed by atoms with Crippen LogP contribution in [0, 0.1) is 17.8 Å². The number of fused-ring (bicyclic) bond motifs is 7. The highest BCUT2D eigenvalue weighted by atomic mass is 35.5. The van der Waals surface area contributed by atoms with Crippen molar-refractivity contribution in [1.82, 2.24) is 0 Å². The molecule has 5 atom stereocenters. The lowest BCUT2D eigenvalue weighted by atomic mass is 9.68. The number of carbonyl (C=O) groups is 1. The van der Waals surface area contributed by atoms with Gasteiger partial charge in [-0.3, -0.25) is 4.79 Å². The average Bonchev–Trinajstić information content (AvgIpc) is 3.23. The molecule has 5 unspecified atom stereocenters. The number of anilines is 2. The van der Waals surface area contributed by atoms with Crippen LogP contribution in [0.2, 0.25) is 10.0 Å². The topological polar surface area (TPSA) is 41.1 Å². The Morgan fingerprint density at radius 1 is 1.11 bits per heavy atom. The van der Waals surface area contributed by atoms with Crippen molar-refractivity contribution in [2.75, 3.05) is 10.6 Å². The second-order valence-electron chi connectivity index (χ2n) is 8.18. The van der Waals surface area contributed by atoms with Crippen molar-refractivity contribution in [1.29, 1.82) is 0 Å². The summed E-state index contributed by atoms with van der Waals surface area (Å²) in [4.78, 5) is 11.5. The third kappa shape index (κ3) is 2.75. The molecule has 3 aliphatic rings. The van der Waals surface area contributed by atoms with E-state index in [1.54, 1.807) is 6.92 Å². The predicted molar refractivity (Wildman–Crippen MR) is 111 cm³/mol. The van der Waals surface area contributed by atoms with Gasteiger partial charge in [-0.25, -0.2) is 0 Å². The SMILES string of the molecule is CC(=O)Nc1ccc2c(c1)C1C3CCC(C3)C1C(c1c(Cl)cccc1Cl)N2. The Morgan fingerprint density at radius 3 is 2.59 bits per heavy atom. The lowest BCUT2D eigenvalue weighted by Gasteiger charge is -2.44. The quantitative estimate of drug-likeness (QED) is 0.625. The van der Waals surface area contributed by atoms with E-state index >= 15 is 0 Å². The fourth-order valence-corrected chi connectivity index (χ4v) is 6.50. The first-order valence-corrected chi connectivity index (χ1v) is 10.4. The van der Waals surface area contributed by atoms with Crippen molar-refractivity contribution in [3.8, 4) is 0 Å². The molecule has 2 aromatic carbocycles. The van der Waals surface area contributed by atoms with Gasteiger partial charge in [0.25, 0.3) is 0 Å². The normalized spacial score (nSPS) is 30.4. The van der Waals surface area contributed by atoms with Gasteiger partial charge in [-0.1, -0.05) is 29.3 Å². The monoisotopic (exact) mass is 400 g/mol. The zero-order valence-electron chi connectivity index (χ0n) is 15.1. The Morgan fingerprint density at radius 2 is 1.85 bits per heavy atom. The zero-order chi connectivity index (χ0) is 18.7. The van der Waals surface area contributed by atoms with Gasteiger partial charge in [0.15, 0.2) is 0 Å². The molecule has 5 heteroatoms. The highest BCUT2D eigenvalue weighted by Crippen LogP contribution is 2.64. The van der Waals surface area contributed by atoms with Gasteiger partial charge < -0.3 is 10.6 Å². The number of hydrogen-bond donors (Lipinski definition) is 2. The van der Waals surface area contributed by atoms with Crippen LogP contribution in [-0.4, -0.2) is 5.91 Å². The number of nitrogens with one attached hydrogen (secondary N) is 2. The van der Waals surface area contributed by atoms with E-state index in [2.05, 4.69) is 22.8 Å². The number of benzene rings is 2. The highest BCUT2D eigenvalue weighted by Gasteiger charge is 2.54. The van der Waals surface area contributed by atoms with Gasteiger partial charge in [-0.05, 0) is 78.8 Å². The molecule has 140 valence electrons. The van der Waals surface area contributed by atoms with Crippen LogP contribution in [-0.2, 0) is 4.79 Å². The van der Waals surface area contributed by atoms with E-state index in [0.717, 1.165) is 27.0 Å². The van der Waals surface area contributed by atoms with Gasteiger partial charge in [0.05, 0.1) is 6.04 Å². The van der Waals surface area contributed by atoms with Gasteiger partial charge in [0.2, 0.25) is 5.91 Å². The third-order valence-corrected chi connectivity index (χ3v) is 7.38. The molecule has 3 nitrogen and oxygen atoms in total. The molecule has 1 heterocycles. The van der Waals surface area contributed by atoms with Crippen molar-refractivity contribution in [3.63, 3.8) is 0 Å². The molecule has 0 aromatic heterocycles. The molecule has 2 saturated carbocycles. The van der Waals surface area contributed by atoms with Crippen LogP contribution in [0.15, 0.2) is 36.4 Å². The van der Waals surface area contributed by atoms with Crippen LogP contribution >= 0.6 is 23.2 Å². The van der Waals surface area contributed by atoms with Crippen molar-refractivity contribution < 1.29 is 4.79 Å². The van der Waals surface area contributed by atoms with E-state index in [1.165, 1.54) is 24.8 Å². The van der Waals surface area contributed by atoms with Crippen LogP contribution in [0.3, 0.4) is 0 Å². The smallest absolute Gasteiger partial charge is 0.221 e. The molecule has 27 heavy (non-hydrogen) atoms. The fourth-order valence-electron chi connectivity index (χ4n) is 5.86. The number of carbonyl (C=O) groups excluding carboxylic acids is 1. The zero-order valence-corrected chi connectivity index (χ0v) is 16.6. The average molecular weight is 401 g/mol. The van der Waals surface area contributed by atoms with E-state index in [4.69, 9.17) is 23.2 Å². The van der Waals surface area contributed by atoms with Crippen LogP contribution in [0.1, 0.15) is 49.3 Å². The first-order chi connectivity index (χ1) is 13.0. The first kappa shape index (κ1) is 17.4. The predicted octanol–water partition coefficient (Wildman–Crippen LogP) is 6.25. The van der Waals surface area contributed by atoms with Crippen molar-refractivity contribution in [2.24, 2.45) is 17.8 Å². The summed E-state index contributed by atoms with van der Waals surface area (Å²) in [5.74, 6) is 2.34. The molecule has 2 fully saturated rings. The van der Waals surface area contributed by atoms with E-state index < -0.39 is 0 Å². The summed E-state index contributed by atoms with van der Waals surface area (Å²) < 4.78 is 0. The van der Waals surface area contributed by atoms with E-state index in [9.17, 15) is 4.79 Å². The molecule has 1 aliphatic heterocycles. The standard InChI is InChI=1S/C22H22Cl2N2O/c1-11(27)25-14-7-8-18-15(10-14)19-12-5-6-13(9-12)20(19)22(26-18)21-16(23)3-2-4-17(21)24/h2-4,7-8,10,12-13,19-20,22,26H,5-6,9H2,1H3,(H,25,27). The first-order valence-electron chi connectivity index (χ1n) is 9.65. The van der Waals surface area contributed by atoms with Gasteiger partial charge in [0.1, 0.15) is 0 Å². The Balaban J connectivity index is 1.63. The summed E-state index contributed by atoms with van der Waals surface area (Å²) in [6.45, 7) is 1.55. The Hall–Kier alpha value is -1.71. The number of rotatable bonds is 2. The van der Waals surface area contributed by atoms with Gasteiger partial charge in [-0.2, -0.15) is 0 Å². The van der Waals surface area contributed by atoms with Gasteiger partial charge in [0, 0.05) is 33.9 Å². The molecule has 2 bridgehead atoms. The Labute approximate surface area is 169 Å². The molecule has 2 aliphatic carbocycles. The van der Waals surface area contributed by atoms with E-state index in [0.29, 0.717) is 23.7 Å². The number of amides is 1. The maximum Gasteiger partial charge on any atom is 0.221 e. The van der Waals surface area contributed by atoms with Crippen LogP contribution < -0.4 is 10.6 Å². The Kier molecular flexibility index (Phi) is 4.14. The van der Waals surface area contributed by atoms with Gasteiger partial charge in [-0.15, -0.1) is 0 Å². The van der Waals surface area contributed by atoms with Gasteiger partial charge >= 0.3 is 0 Å². The second kappa shape index (κ2) is 6.42. The van der Waals surface area contributed by atoms with E-state index in [1.807, 2.05) is 24.3 Å². The molecule has 5 rings (SSSR count). The molecule has 0 spiro atoms. The molecular weight excluding hydrogens is 379 g/mol. The van der Waals surface area contributed by atoms with Crippen LogP contribution in [0.4, 0.5) is 11.4 Å². The van der Waals surface area contributed by atoms with Crippen molar-refractivity contribution >= 4 is 40.5 Å². The minimum Gasteiger partial charge on any atom is -0.378 e. The molecule has 0 saturated heterocycles. The lowest BCUT2D eigenvalue weighted by molar-refractivity contribution is -0.114. The highest BCUT2D eigenvalue weighted by molar-refractivity contribution is 6.36. The fraction of sp³-hybridized carbons (Fsp3) is 0.409. The maximum atomic E-state index is 11.5. The molecular formula is C22H22Cl2N2O. The summed E-state index contributed by atoms with van der Waals surface area (Å²) in [6, 6.07) is 12.1. The summed E-state index contributed by atoms with van der Waals surface area (Å²) in [5, 5.41) is 8.15.